The second-order valence-electron chi connectivity index (χ2n) is 4.16. The minimum absolute atomic E-state index is 0.736. The SMILES string of the molecule is COc1cccc(C2=NC[C@@H](C)CC2)c1. The van der Waals surface area contributed by atoms with Gasteiger partial charge in [-0.2, -0.15) is 0 Å². The summed E-state index contributed by atoms with van der Waals surface area (Å²) < 4.78 is 5.21. The summed E-state index contributed by atoms with van der Waals surface area (Å²) in [5.74, 6) is 1.65. The Balaban J connectivity index is 2.22. The van der Waals surface area contributed by atoms with Crippen LogP contribution in [0.1, 0.15) is 25.3 Å². The van der Waals surface area contributed by atoms with Gasteiger partial charge in [0.1, 0.15) is 5.75 Å². The van der Waals surface area contributed by atoms with Crippen LogP contribution in [-0.4, -0.2) is 19.4 Å². The van der Waals surface area contributed by atoms with E-state index in [0.717, 1.165) is 24.6 Å². The Morgan fingerprint density at radius 3 is 2.93 bits per heavy atom. The molecule has 1 aromatic rings. The van der Waals surface area contributed by atoms with Crippen LogP contribution in [0.15, 0.2) is 29.3 Å². The van der Waals surface area contributed by atoms with E-state index in [-0.39, 0.29) is 0 Å². The zero-order valence-electron chi connectivity index (χ0n) is 9.36. The van der Waals surface area contributed by atoms with Crippen molar-refractivity contribution in [1.82, 2.24) is 0 Å². The van der Waals surface area contributed by atoms with E-state index >= 15 is 0 Å². The Bertz CT molecular complexity index is 371. The summed E-state index contributed by atoms with van der Waals surface area (Å²) in [7, 11) is 1.70. The molecule has 0 saturated heterocycles. The second kappa shape index (κ2) is 4.47. The Kier molecular flexibility index (Phi) is 3.05. The summed E-state index contributed by atoms with van der Waals surface area (Å²) in [5, 5.41) is 0. The largest absolute Gasteiger partial charge is 0.497 e. The van der Waals surface area contributed by atoms with Crippen LogP contribution >= 0.6 is 0 Å². The number of aliphatic imine (C=N–C) groups is 1. The average Bonchev–Trinajstić information content (AvgIpc) is 2.30. The molecule has 0 aromatic heterocycles. The maximum atomic E-state index is 5.21. The first-order chi connectivity index (χ1) is 7.29. The van der Waals surface area contributed by atoms with Crippen molar-refractivity contribution in [2.45, 2.75) is 19.8 Å². The van der Waals surface area contributed by atoms with Crippen LogP contribution in [0.4, 0.5) is 0 Å². The van der Waals surface area contributed by atoms with Crippen molar-refractivity contribution in [3.63, 3.8) is 0 Å². The molecule has 1 atom stereocenters. The van der Waals surface area contributed by atoms with Crippen molar-refractivity contribution >= 4 is 5.71 Å². The van der Waals surface area contributed by atoms with Gasteiger partial charge in [-0.15, -0.1) is 0 Å². The lowest BCUT2D eigenvalue weighted by Gasteiger charge is -2.17. The van der Waals surface area contributed by atoms with Crippen molar-refractivity contribution in [3.05, 3.63) is 29.8 Å². The van der Waals surface area contributed by atoms with E-state index in [2.05, 4.69) is 24.0 Å². The first kappa shape index (κ1) is 10.2. The molecule has 15 heavy (non-hydrogen) atoms. The van der Waals surface area contributed by atoms with Crippen LogP contribution in [-0.2, 0) is 0 Å². The molecule has 2 heteroatoms. The van der Waals surface area contributed by atoms with Gasteiger partial charge < -0.3 is 4.74 Å². The van der Waals surface area contributed by atoms with Gasteiger partial charge in [0.25, 0.3) is 0 Å². The van der Waals surface area contributed by atoms with Gasteiger partial charge in [-0.25, -0.2) is 0 Å². The predicted molar refractivity (Wildman–Crippen MR) is 62.8 cm³/mol. The quantitative estimate of drug-likeness (QED) is 0.724. The fourth-order valence-corrected chi connectivity index (χ4v) is 1.86. The molecule has 0 unspecified atom stereocenters. The third-order valence-electron chi connectivity index (χ3n) is 2.87. The number of ether oxygens (including phenoxy) is 1. The zero-order valence-corrected chi connectivity index (χ0v) is 9.36. The van der Waals surface area contributed by atoms with Gasteiger partial charge in [-0.05, 0) is 36.5 Å². The minimum atomic E-state index is 0.736. The van der Waals surface area contributed by atoms with Crippen molar-refractivity contribution in [2.24, 2.45) is 10.9 Å². The number of methoxy groups -OCH3 is 1. The Morgan fingerprint density at radius 1 is 1.40 bits per heavy atom. The third-order valence-corrected chi connectivity index (χ3v) is 2.87. The molecule has 1 aliphatic heterocycles. The molecule has 0 N–H and O–H groups in total. The van der Waals surface area contributed by atoms with E-state index in [0.29, 0.717) is 0 Å². The van der Waals surface area contributed by atoms with Gasteiger partial charge in [0.15, 0.2) is 0 Å². The third kappa shape index (κ3) is 2.38. The number of benzene rings is 1. The van der Waals surface area contributed by atoms with E-state index in [9.17, 15) is 0 Å². The molecule has 80 valence electrons. The van der Waals surface area contributed by atoms with Gasteiger partial charge >= 0.3 is 0 Å². The van der Waals surface area contributed by atoms with E-state index in [1.807, 2.05) is 12.1 Å². The topological polar surface area (TPSA) is 21.6 Å². The van der Waals surface area contributed by atoms with Gasteiger partial charge in [0.05, 0.1) is 7.11 Å². The van der Waals surface area contributed by atoms with Crippen LogP contribution in [0.3, 0.4) is 0 Å². The average molecular weight is 203 g/mol. The summed E-state index contributed by atoms with van der Waals surface area (Å²) in [6.45, 7) is 3.22. The Morgan fingerprint density at radius 2 is 2.27 bits per heavy atom. The molecule has 0 spiro atoms. The highest BCUT2D eigenvalue weighted by Gasteiger charge is 2.13. The molecule has 1 heterocycles. The normalized spacial score (nSPS) is 20.9. The predicted octanol–water partition coefficient (Wildman–Crippen LogP) is 2.91. The molecule has 0 aliphatic carbocycles. The van der Waals surface area contributed by atoms with Crippen molar-refractivity contribution in [1.29, 1.82) is 0 Å². The number of hydrogen-bond acceptors (Lipinski definition) is 2. The molecule has 0 radical (unpaired) electrons. The van der Waals surface area contributed by atoms with E-state index in [1.54, 1.807) is 7.11 Å². The summed E-state index contributed by atoms with van der Waals surface area (Å²) in [5.41, 5.74) is 2.44. The molecule has 0 fully saturated rings. The molecule has 0 bridgehead atoms. The number of hydrogen-bond donors (Lipinski definition) is 0. The number of rotatable bonds is 2. The molecular formula is C13H17NO. The smallest absolute Gasteiger partial charge is 0.119 e. The van der Waals surface area contributed by atoms with Crippen LogP contribution in [0.5, 0.6) is 5.75 Å². The number of nitrogens with zero attached hydrogens (tertiary/aromatic N) is 1. The van der Waals surface area contributed by atoms with Gasteiger partial charge in [-0.3, -0.25) is 4.99 Å². The van der Waals surface area contributed by atoms with Crippen LogP contribution in [0.2, 0.25) is 0 Å². The van der Waals surface area contributed by atoms with Gasteiger partial charge in [0.2, 0.25) is 0 Å². The molecule has 1 aliphatic rings. The van der Waals surface area contributed by atoms with Crippen molar-refractivity contribution in [2.75, 3.05) is 13.7 Å². The van der Waals surface area contributed by atoms with Gasteiger partial charge in [0, 0.05) is 12.3 Å². The first-order valence-corrected chi connectivity index (χ1v) is 5.47. The standard InChI is InChI=1S/C13H17NO/c1-10-6-7-13(14-9-10)11-4-3-5-12(8-11)15-2/h3-5,8,10H,6-7,9H2,1-2H3/t10-/m0/s1. The van der Waals surface area contributed by atoms with Crippen LogP contribution < -0.4 is 4.74 Å². The summed E-state index contributed by atoms with van der Waals surface area (Å²) in [6.07, 6.45) is 2.34. The van der Waals surface area contributed by atoms with Crippen molar-refractivity contribution in [3.8, 4) is 5.75 Å². The fraction of sp³-hybridized carbons (Fsp3) is 0.462. The fourth-order valence-electron chi connectivity index (χ4n) is 1.86. The summed E-state index contributed by atoms with van der Waals surface area (Å²) >= 11 is 0. The molecule has 0 saturated carbocycles. The zero-order chi connectivity index (χ0) is 10.7. The van der Waals surface area contributed by atoms with Crippen LogP contribution in [0, 0.1) is 5.92 Å². The molecular weight excluding hydrogens is 186 g/mol. The molecule has 2 rings (SSSR count). The molecule has 2 nitrogen and oxygen atoms in total. The maximum absolute atomic E-state index is 5.21. The lowest BCUT2D eigenvalue weighted by Crippen LogP contribution is -2.14. The van der Waals surface area contributed by atoms with Gasteiger partial charge in [-0.1, -0.05) is 19.1 Å². The lowest BCUT2D eigenvalue weighted by atomic mass is 9.96. The Labute approximate surface area is 91.0 Å². The summed E-state index contributed by atoms with van der Waals surface area (Å²) in [4.78, 5) is 4.62. The Hall–Kier alpha value is -1.31. The molecule has 1 aromatic carbocycles. The van der Waals surface area contributed by atoms with Crippen LogP contribution in [0.25, 0.3) is 0 Å². The minimum Gasteiger partial charge on any atom is -0.497 e. The lowest BCUT2D eigenvalue weighted by molar-refractivity contribution is 0.414. The summed E-state index contributed by atoms with van der Waals surface area (Å²) in [6, 6.07) is 8.16. The first-order valence-electron chi connectivity index (χ1n) is 5.47. The van der Waals surface area contributed by atoms with Crippen molar-refractivity contribution < 1.29 is 4.74 Å². The van der Waals surface area contributed by atoms with E-state index < -0.39 is 0 Å². The highest BCUT2D eigenvalue weighted by molar-refractivity contribution is 6.01. The monoisotopic (exact) mass is 203 g/mol. The highest BCUT2D eigenvalue weighted by Crippen LogP contribution is 2.20. The highest BCUT2D eigenvalue weighted by atomic mass is 16.5. The molecule has 0 amide bonds. The van der Waals surface area contributed by atoms with E-state index in [1.165, 1.54) is 17.7 Å². The van der Waals surface area contributed by atoms with E-state index in [4.69, 9.17) is 4.74 Å². The maximum Gasteiger partial charge on any atom is 0.119 e. The second-order valence-corrected chi connectivity index (χ2v) is 4.16.